The average molecular weight is 281 g/mol. The SMILES string of the molecule is CCNC(c1cc(OC)ccc1OC)C(C)(C)OCC. The monoisotopic (exact) mass is 281 g/mol. The molecule has 0 aliphatic carbocycles. The molecule has 1 aromatic carbocycles. The van der Waals surface area contributed by atoms with Gasteiger partial charge in [0.2, 0.25) is 0 Å². The van der Waals surface area contributed by atoms with Gasteiger partial charge < -0.3 is 19.5 Å². The third-order valence-corrected chi connectivity index (χ3v) is 3.37. The largest absolute Gasteiger partial charge is 0.497 e. The minimum atomic E-state index is -0.343. The Morgan fingerprint density at radius 2 is 1.85 bits per heavy atom. The molecule has 114 valence electrons. The highest BCUT2D eigenvalue weighted by molar-refractivity contribution is 5.43. The highest BCUT2D eigenvalue weighted by Crippen LogP contribution is 2.36. The van der Waals surface area contributed by atoms with E-state index < -0.39 is 0 Å². The van der Waals surface area contributed by atoms with Gasteiger partial charge in [-0.25, -0.2) is 0 Å². The molecular weight excluding hydrogens is 254 g/mol. The van der Waals surface area contributed by atoms with Crippen LogP contribution in [-0.2, 0) is 4.74 Å². The Balaban J connectivity index is 3.25. The van der Waals surface area contributed by atoms with E-state index in [-0.39, 0.29) is 11.6 Å². The molecule has 0 aliphatic heterocycles. The number of hydrogen-bond acceptors (Lipinski definition) is 4. The molecule has 1 atom stereocenters. The highest BCUT2D eigenvalue weighted by Gasteiger charge is 2.33. The summed E-state index contributed by atoms with van der Waals surface area (Å²) in [5.41, 5.74) is 0.705. The van der Waals surface area contributed by atoms with Crippen molar-refractivity contribution in [2.75, 3.05) is 27.4 Å². The second-order valence-corrected chi connectivity index (χ2v) is 5.14. The van der Waals surface area contributed by atoms with Crippen molar-refractivity contribution in [1.82, 2.24) is 5.32 Å². The fraction of sp³-hybridized carbons (Fsp3) is 0.625. The highest BCUT2D eigenvalue weighted by atomic mass is 16.5. The van der Waals surface area contributed by atoms with E-state index in [1.165, 1.54) is 0 Å². The van der Waals surface area contributed by atoms with Gasteiger partial charge in [-0.15, -0.1) is 0 Å². The van der Waals surface area contributed by atoms with E-state index >= 15 is 0 Å². The summed E-state index contributed by atoms with van der Waals surface area (Å²) < 4.78 is 16.7. The Morgan fingerprint density at radius 1 is 1.15 bits per heavy atom. The van der Waals surface area contributed by atoms with E-state index in [1.807, 2.05) is 25.1 Å². The molecule has 0 fully saturated rings. The average Bonchev–Trinajstić information content (AvgIpc) is 2.43. The van der Waals surface area contributed by atoms with E-state index in [1.54, 1.807) is 14.2 Å². The smallest absolute Gasteiger partial charge is 0.124 e. The van der Waals surface area contributed by atoms with E-state index in [0.29, 0.717) is 6.61 Å². The first-order chi connectivity index (χ1) is 9.50. The Hall–Kier alpha value is -1.26. The number of benzene rings is 1. The third-order valence-electron chi connectivity index (χ3n) is 3.37. The van der Waals surface area contributed by atoms with E-state index in [2.05, 4.69) is 26.1 Å². The molecule has 0 radical (unpaired) electrons. The lowest BCUT2D eigenvalue weighted by Crippen LogP contribution is -2.41. The predicted octanol–water partition coefficient (Wildman–Crippen LogP) is 3.17. The summed E-state index contributed by atoms with van der Waals surface area (Å²) in [6.45, 7) is 9.78. The maximum atomic E-state index is 5.91. The summed E-state index contributed by atoms with van der Waals surface area (Å²) in [6, 6.07) is 5.87. The van der Waals surface area contributed by atoms with Gasteiger partial charge in [-0.1, -0.05) is 6.92 Å². The number of methoxy groups -OCH3 is 2. The lowest BCUT2D eigenvalue weighted by atomic mass is 9.90. The number of hydrogen-bond donors (Lipinski definition) is 1. The van der Waals surface area contributed by atoms with Gasteiger partial charge in [-0.3, -0.25) is 0 Å². The standard InChI is InChI=1S/C16H27NO3/c1-7-17-15(16(3,4)20-8-2)13-11-12(18-5)9-10-14(13)19-6/h9-11,15,17H,7-8H2,1-6H3. The Morgan fingerprint density at radius 3 is 2.35 bits per heavy atom. The molecular formula is C16H27NO3. The zero-order valence-corrected chi connectivity index (χ0v) is 13.4. The fourth-order valence-corrected chi connectivity index (χ4v) is 2.45. The first kappa shape index (κ1) is 16.8. The topological polar surface area (TPSA) is 39.7 Å². The van der Waals surface area contributed by atoms with Crippen molar-refractivity contribution in [1.29, 1.82) is 0 Å². The van der Waals surface area contributed by atoms with Crippen LogP contribution in [0, 0.1) is 0 Å². The summed E-state index contributed by atoms with van der Waals surface area (Å²) in [6.07, 6.45) is 0. The molecule has 0 aliphatic rings. The summed E-state index contributed by atoms with van der Waals surface area (Å²) in [7, 11) is 3.35. The molecule has 0 heterocycles. The van der Waals surface area contributed by atoms with Gasteiger partial charge in [0.1, 0.15) is 11.5 Å². The predicted molar refractivity (Wildman–Crippen MR) is 81.7 cm³/mol. The lowest BCUT2D eigenvalue weighted by Gasteiger charge is -2.35. The minimum absolute atomic E-state index is 0.0255. The van der Waals surface area contributed by atoms with Crippen molar-refractivity contribution in [2.45, 2.75) is 39.3 Å². The molecule has 4 heteroatoms. The van der Waals surface area contributed by atoms with Crippen LogP contribution >= 0.6 is 0 Å². The van der Waals surface area contributed by atoms with Gasteiger partial charge >= 0.3 is 0 Å². The Kier molecular flexibility index (Phi) is 6.30. The van der Waals surface area contributed by atoms with Gasteiger partial charge in [-0.2, -0.15) is 0 Å². The number of likely N-dealkylation sites (N-methyl/N-ethyl adjacent to an activating group) is 1. The van der Waals surface area contributed by atoms with E-state index in [9.17, 15) is 0 Å². The zero-order valence-electron chi connectivity index (χ0n) is 13.4. The van der Waals surface area contributed by atoms with Crippen LogP contribution in [-0.4, -0.2) is 33.0 Å². The first-order valence-corrected chi connectivity index (χ1v) is 7.09. The molecule has 0 bridgehead atoms. The number of ether oxygens (including phenoxy) is 3. The molecule has 0 saturated heterocycles. The molecule has 20 heavy (non-hydrogen) atoms. The molecule has 0 aromatic heterocycles. The van der Waals surface area contributed by atoms with Gasteiger partial charge in [0.05, 0.1) is 25.9 Å². The van der Waals surface area contributed by atoms with E-state index in [0.717, 1.165) is 23.6 Å². The van der Waals surface area contributed by atoms with Crippen LogP contribution in [0.5, 0.6) is 11.5 Å². The summed E-state index contributed by atoms with van der Waals surface area (Å²) in [5, 5.41) is 3.49. The normalized spacial score (nSPS) is 13.1. The fourth-order valence-electron chi connectivity index (χ4n) is 2.45. The van der Waals surface area contributed by atoms with Crippen LogP contribution in [0.4, 0.5) is 0 Å². The van der Waals surface area contributed by atoms with Crippen LogP contribution < -0.4 is 14.8 Å². The van der Waals surface area contributed by atoms with Crippen molar-refractivity contribution in [3.8, 4) is 11.5 Å². The van der Waals surface area contributed by atoms with Crippen molar-refractivity contribution >= 4 is 0 Å². The van der Waals surface area contributed by atoms with Gasteiger partial charge in [0.15, 0.2) is 0 Å². The molecule has 0 amide bonds. The summed E-state index contributed by atoms with van der Waals surface area (Å²) >= 11 is 0. The second kappa shape index (κ2) is 7.50. The van der Waals surface area contributed by atoms with Gasteiger partial charge in [-0.05, 0) is 45.5 Å². The Labute approximate surface area is 122 Å². The van der Waals surface area contributed by atoms with Crippen molar-refractivity contribution < 1.29 is 14.2 Å². The molecule has 0 spiro atoms. The molecule has 1 aromatic rings. The van der Waals surface area contributed by atoms with Crippen LogP contribution in [0.15, 0.2) is 18.2 Å². The van der Waals surface area contributed by atoms with Crippen LogP contribution in [0.3, 0.4) is 0 Å². The maximum Gasteiger partial charge on any atom is 0.124 e. The molecule has 1 unspecified atom stereocenters. The molecule has 1 N–H and O–H groups in total. The van der Waals surface area contributed by atoms with Crippen molar-refractivity contribution in [3.05, 3.63) is 23.8 Å². The minimum Gasteiger partial charge on any atom is -0.497 e. The third kappa shape index (κ3) is 3.87. The number of rotatable bonds is 8. The van der Waals surface area contributed by atoms with Crippen molar-refractivity contribution in [2.24, 2.45) is 0 Å². The summed E-state index contributed by atoms with van der Waals surface area (Å²) in [4.78, 5) is 0. The van der Waals surface area contributed by atoms with Gasteiger partial charge in [0.25, 0.3) is 0 Å². The zero-order chi connectivity index (χ0) is 15.2. The summed E-state index contributed by atoms with van der Waals surface area (Å²) in [5.74, 6) is 1.65. The molecule has 0 saturated carbocycles. The van der Waals surface area contributed by atoms with E-state index in [4.69, 9.17) is 14.2 Å². The molecule has 1 rings (SSSR count). The maximum absolute atomic E-state index is 5.91. The Bertz CT molecular complexity index is 418. The molecule has 4 nitrogen and oxygen atoms in total. The van der Waals surface area contributed by atoms with Crippen molar-refractivity contribution in [3.63, 3.8) is 0 Å². The number of nitrogens with one attached hydrogen (secondary N) is 1. The van der Waals surface area contributed by atoms with Crippen LogP contribution in [0.2, 0.25) is 0 Å². The van der Waals surface area contributed by atoms with Crippen LogP contribution in [0.1, 0.15) is 39.3 Å². The first-order valence-electron chi connectivity index (χ1n) is 7.09. The quantitative estimate of drug-likeness (QED) is 0.794. The second-order valence-electron chi connectivity index (χ2n) is 5.14. The van der Waals surface area contributed by atoms with Crippen LogP contribution in [0.25, 0.3) is 0 Å². The van der Waals surface area contributed by atoms with Gasteiger partial charge in [0, 0.05) is 12.2 Å². The lowest BCUT2D eigenvalue weighted by molar-refractivity contribution is -0.0393.